The maximum atomic E-state index is 6.14. The van der Waals surface area contributed by atoms with Gasteiger partial charge in [-0.1, -0.05) is 34.1 Å². The first kappa shape index (κ1) is 17.0. The number of aliphatic imine (C=N–C) groups is 1. The summed E-state index contributed by atoms with van der Waals surface area (Å²) < 4.78 is 0. The van der Waals surface area contributed by atoms with E-state index in [0.29, 0.717) is 11.8 Å². The fourth-order valence-electron chi connectivity index (χ4n) is 2.58. The predicted molar refractivity (Wildman–Crippen MR) is 80.3 cm³/mol. The van der Waals surface area contributed by atoms with E-state index in [9.17, 15) is 0 Å². The van der Waals surface area contributed by atoms with Crippen molar-refractivity contribution < 1.29 is 0 Å². The van der Waals surface area contributed by atoms with Crippen molar-refractivity contribution in [3.05, 3.63) is 0 Å². The smallest absolute Gasteiger partial charge is 0.0314 e. The fourth-order valence-corrected chi connectivity index (χ4v) is 2.80. The monoisotopic (exact) mass is 259 g/mol. The molecular formula is C15H30ClN. The summed E-state index contributed by atoms with van der Waals surface area (Å²) >= 11 is 6.14. The van der Waals surface area contributed by atoms with Crippen LogP contribution in [-0.4, -0.2) is 18.1 Å². The summed E-state index contributed by atoms with van der Waals surface area (Å²) in [4.78, 5) is 4.56. The van der Waals surface area contributed by atoms with Crippen molar-refractivity contribution in [3.8, 4) is 0 Å². The highest BCUT2D eigenvalue weighted by Crippen LogP contribution is 2.25. The van der Waals surface area contributed by atoms with Crippen LogP contribution in [0.25, 0.3) is 0 Å². The van der Waals surface area contributed by atoms with E-state index in [0.717, 1.165) is 18.8 Å². The molecule has 2 heteroatoms. The molecule has 4 unspecified atom stereocenters. The number of hydrogen-bond donors (Lipinski definition) is 0. The summed E-state index contributed by atoms with van der Waals surface area (Å²) in [7, 11) is 1.93. The Balaban J connectivity index is 4.57. The molecule has 0 radical (unpaired) electrons. The highest BCUT2D eigenvalue weighted by atomic mass is 35.5. The first-order chi connectivity index (χ1) is 7.96. The van der Waals surface area contributed by atoms with E-state index in [1.54, 1.807) is 0 Å². The molecule has 4 atom stereocenters. The molecule has 0 fully saturated rings. The molecule has 0 amide bonds. The Kier molecular flexibility index (Phi) is 8.94. The second kappa shape index (κ2) is 8.97. The Bertz CT molecular complexity index is 223. The van der Waals surface area contributed by atoms with Crippen LogP contribution in [0.2, 0.25) is 0 Å². The van der Waals surface area contributed by atoms with Crippen LogP contribution >= 0.6 is 11.6 Å². The highest BCUT2D eigenvalue weighted by Gasteiger charge is 2.22. The van der Waals surface area contributed by atoms with Gasteiger partial charge in [0.05, 0.1) is 0 Å². The van der Waals surface area contributed by atoms with Gasteiger partial charge in [0.2, 0.25) is 0 Å². The fraction of sp³-hybridized carbons (Fsp3) is 0.933. The number of halogens is 1. The Morgan fingerprint density at radius 1 is 1.06 bits per heavy atom. The van der Waals surface area contributed by atoms with E-state index < -0.39 is 0 Å². The molecule has 102 valence electrons. The summed E-state index contributed by atoms with van der Waals surface area (Å²) in [6, 6.07) is 0. The standard InChI is InChI=1S/C15H30ClN/c1-7-11(3)9-12(4)15(17-6)14(8-2)10-13(5)16/h11-14H,7-10H2,1-6H3/b17-15+. The lowest BCUT2D eigenvalue weighted by Crippen LogP contribution is -2.25. The second-order valence-electron chi connectivity index (χ2n) is 5.42. The van der Waals surface area contributed by atoms with Crippen LogP contribution in [0.5, 0.6) is 0 Å². The van der Waals surface area contributed by atoms with E-state index in [-0.39, 0.29) is 5.38 Å². The summed E-state index contributed by atoms with van der Waals surface area (Å²) in [5.74, 6) is 1.94. The van der Waals surface area contributed by atoms with E-state index >= 15 is 0 Å². The molecule has 0 aromatic rings. The molecule has 0 aliphatic rings. The van der Waals surface area contributed by atoms with Gasteiger partial charge < -0.3 is 0 Å². The normalized spacial score (nSPS) is 19.8. The number of rotatable bonds is 8. The zero-order valence-corrected chi connectivity index (χ0v) is 13.2. The van der Waals surface area contributed by atoms with Gasteiger partial charge in [0, 0.05) is 18.1 Å². The number of nitrogens with zero attached hydrogens (tertiary/aromatic N) is 1. The molecule has 1 nitrogen and oxygen atoms in total. The van der Waals surface area contributed by atoms with Crippen LogP contribution < -0.4 is 0 Å². The molecule has 0 aromatic carbocycles. The molecule has 0 aliphatic heterocycles. The lowest BCUT2D eigenvalue weighted by Gasteiger charge is -2.25. The molecule has 0 spiro atoms. The van der Waals surface area contributed by atoms with Crippen molar-refractivity contribution in [2.45, 2.75) is 65.7 Å². The molecule has 0 aromatic heterocycles. The first-order valence-electron chi connectivity index (χ1n) is 7.06. The number of alkyl halides is 1. The zero-order chi connectivity index (χ0) is 13.4. The molecule has 17 heavy (non-hydrogen) atoms. The summed E-state index contributed by atoms with van der Waals surface area (Å²) in [5.41, 5.74) is 1.38. The molecule has 0 saturated carbocycles. The van der Waals surface area contributed by atoms with Crippen molar-refractivity contribution in [2.75, 3.05) is 7.05 Å². The minimum absolute atomic E-state index is 0.243. The van der Waals surface area contributed by atoms with Crippen LogP contribution in [0.1, 0.15) is 60.3 Å². The molecule has 0 heterocycles. The van der Waals surface area contributed by atoms with Gasteiger partial charge in [0.1, 0.15) is 0 Å². The Morgan fingerprint density at radius 2 is 1.65 bits per heavy atom. The SMILES string of the molecule is CCC(C)CC(C)/C(=N\C)C(CC)CC(C)Cl. The van der Waals surface area contributed by atoms with Crippen LogP contribution in [0.4, 0.5) is 0 Å². The average molecular weight is 260 g/mol. The van der Waals surface area contributed by atoms with Crippen molar-refractivity contribution in [3.63, 3.8) is 0 Å². The van der Waals surface area contributed by atoms with Gasteiger partial charge in [-0.25, -0.2) is 0 Å². The minimum atomic E-state index is 0.243. The van der Waals surface area contributed by atoms with Crippen LogP contribution in [0.15, 0.2) is 4.99 Å². The molecule has 0 N–H and O–H groups in total. The summed E-state index contributed by atoms with van der Waals surface area (Å²) in [6.45, 7) is 11.2. The van der Waals surface area contributed by atoms with Crippen LogP contribution in [0.3, 0.4) is 0 Å². The first-order valence-corrected chi connectivity index (χ1v) is 7.50. The quantitative estimate of drug-likeness (QED) is 0.421. The highest BCUT2D eigenvalue weighted by molar-refractivity contribution is 6.20. The van der Waals surface area contributed by atoms with E-state index in [4.69, 9.17) is 11.6 Å². The maximum absolute atomic E-state index is 6.14. The van der Waals surface area contributed by atoms with Crippen molar-refractivity contribution >= 4 is 17.3 Å². The molecule has 0 aliphatic carbocycles. The Labute approximate surface area is 113 Å². The average Bonchev–Trinajstić information content (AvgIpc) is 2.27. The van der Waals surface area contributed by atoms with E-state index in [1.165, 1.54) is 18.6 Å². The van der Waals surface area contributed by atoms with Gasteiger partial charge in [0.15, 0.2) is 0 Å². The van der Waals surface area contributed by atoms with Crippen molar-refractivity contribution in [2.24, 2.45) is 22.7 Å². The topological polar surface area (TPSA) is 12.4 Å². The van der Waals surface area contributed by atoms with Gasteiger partial charge >= 0.3 is 0 Å². The van der Waals surface area contributed by atoms with Crippen molar-refractivity contribution in [1.29, 1.82) is 0 Å². The second-order valence-corrected chi connectivity index (χ2v) is 6.17. The minimum Gasteiger partial charge on any atom is -0.297 e. The van der Waals surface area contributed by atoms with E-state index in [1.807, 2.05) is 7.05 Å². The Morgan fingerprint density at radius 3 is 2.00 bits per heavy atom. The third-order valence-electron chi connectivity index (χ3n) is 3.74. The van der Waals surface area contributed by atoms with E-state index in [2.05, 4.69) is 39.6 Å². The lowest BCUT2D eigenvalue weighted by molar-refractivity contribution is 0.450. The van der Waals surface area contributed by atoms with Gasteiger partial charge in [-0.2, -0.15) is 0 Å². The third kappa shape index (κ3) is 6.45. The predicted octanol–water partition coefficient (Wildman–Crippen LogP) is 5.17. The molecular weight excluding hydrogens is 230 g/mol. The molecule has 0 rings (SSSR count). The zero-order valence-electron chi connectivity index (χ0n) is 12.5. The van der Waals surface area contributed by atoms with Crippen LogP contribution in [-0.2, 0) is 0 Å². The third-order valence-corrected chi connectivity index (χ3v) is 3.91. The molecule has 0 bridgehead atoms. The largest absolute Gasteiger partial charge is 0.297 e. The van der Waals surface area contributed by atoms with Gasteiger partial charge in [-0.05, 0) is 43.9 Å². The van der Waals surface area contributed by atoms with Gasteiger partial charge in [-0.15, -0.1) is 11.6 Å². The summed E-state index contributed by atoms with van der Waals surface area (Å²) in [6.07, 6.45) is 4.70. The van der Waals surface area contributed by atoms with Crippen molar-refractivity contribution in [1.82, 2.24) is 0 Å². The summed E-state index contributed by atoms with van der Waals surface area (Å²) in [5, 5.41) is 0.243. The van der Waals surface area contributed by atoms with Gasteiger partial charge in [0.25, 0.3) is 0 Å². The lowest BCUT2D eigenvalue weighted by atomic mass is 9.83. The maximum Gasteiger partial charge on any atom is 0.0314 e. The van der Waals surface area contributed by atoms with Gasteiger partial charge in [-0.3, -0.25) is 4.99 Å². The van der Waals surface area contributed by atoms with Crippen LogP contribution in [0, 0.1) is 17.8 Å². The number of hydrogen-bond acceptors (Lipinski definition) is 1. The molecule has 0 saturated heterocycles. The Hall–Kier alpha value is -0.0400.